The van der Waals surface area contributed by atoms with Crippen LogP contribution in [0.3, 0.4) is 0 Å². The number of carbonyl (C=O) groups is 2. The van der Waals surface area contributed by atoms with Gasteiger partial charge >= 0.3 is 0 Å². The van der Waals surface area contributed by atoms with Crippen molar-refractivity contribution in [1.29, 1.82) is 0 Å². The quantitative estimate of drug-likeness (QED) is 0.791. The highest BCUT2D eigenvalue weighted by atomic mass is 35.5. The molecule has 0 atom stereocenters. The standard InChI is InChI=1S/C17H16ClNO4S2/c1-17(2,3)16(21)19-11-5-4-10(18)15-12(11)13(20)14-9(6-7-24-14)8-25(15,22)23/h4-7H,8H2,1-3H3,(H,19,21). The van der Waals surface area contributed by atoms with Gasteiger partial charge in [0.05, 0.1) is 31.8 Å². The lowest BCUT2D eigenvalue weighted by Crippen LogP contribution is -2.28. The van der Waals surface area contributed by atoms with Crippen LogP contribution in [-0.4, -0.2) is 20.1 Å². The van der Waals surface area contributed by atoms with Crippen LogP contribution in [0, 0.1) is 5.41 Å². The second kappa shape index (κ2) is 5.93. The van der Waals surface area contributed by atoms with E-state index < -0.39 is 21.0 Å². The number of ketones is 1. The van der Waals surface area contributed by atoms with Crippen molar-refractivity contribution < 1.29 is 18.0 Å². The van der Waals surface area contributed by atoms with Crippen molar-refractivity contribution in [2.75, 3.05) is 5.32 Å². The van der Waals surface area contributed by atoms with Crippen LogP contribution >= 0.6 is 22.9 Å². The topological polar surface area (TPSA) is 80.3 Å². The first-order chi connectivity index (χ1) is 11.5. The summed E-state index contributed by atoms with van der Waals surface area (Å²) >= 11 is 7.31. The van der Waals surface area contributed by atoms with E-state index in [4.69, 9.17) is 11.6 Å². The maximum absolute atomic E-state index is 13.0. The SMILES string of the molecule is CC(C)(C)C(=O)Nc1ccc(Cl)c2c1C(=O)c1sccc1CS2(=O)=O. The fourth-order valence-corrected chi connectivity index (χ4v) is 5.68. The molecule has 3 rings (SSSR count). The fraction of sp³-hybridized carbons (Fsp3) is 0.294. The second-order valence-corrected chi connectivity index (χ2v) is 10.1. The molecule has 132 valence electrons. The van der Waals surface area contributed by atoms with Crippen molar-refractivity contribution in [2.24, 2.45) is 5.41 Å². The third kappa shape index (κ3) is 3.12. The predicted octanol–water partition coefficient (Wildman–Crippen LogP) is 3.90. The molecule has 0 spiro atoms. The normalized spacial score (nSPS) is 15.9. The van der Waals surface area contributed by atoms with Gasteiger partial charge in [0.2, 0.25) is 11.7 Å². The van der Waals surface area contributed by atoms with Crippen molar-refractivity contribution in [3.05, 3.63) is 44.6 Å². The minimum atomic E-state index is -3.82. The lowest BCUT2D eigenvalue weighted by Gasteiger charge is -2.20. The molecule has 1 amide bonds. The lowest BCUT2D eigenvalue weighted by molar-refractivity contribution is -0.123. The zero-order chi connectivity index (χ0) is 18.6. The van der Waals surface area contributed by atoms with E-state index in [1.165, 1.54) is 23.5 Å². The maximum Gasteiger partial charge on any atom is 0.229 e. The number of rotatable bonds is 1. The Morgan fingerprint density at radius 2 is 1.92 bits per heavy atom. The molecule has 5 nitrogen and oxygen atoms in total. The molecule has 0 saturated carbocycles. The summed E-state index contributed by atoms with van der Waals surface area (Å²) in [6, 6.07) is 4.49. The Hall–Kier alpha value is -1.70. The zero-order valence-corrected chi connectivity index (χ0v) is 16.2. The highest BCUT2D eigenvalue weighted by Crippen LogP contribution is 2.40. The average molecular weight is 398 g/mol. The Labute approximate surface area is 154 Å². The van der Waals surface area contributed by atoms with Crippen molar-refractivity contribution in [1.82, 2.24) is 0 Å². The second-order valence-electron chi connectivity index (χ2n) is 6.87. The number of fused-ring (bicyclic) bond motifs is 2. The van der Waals surface area contributed by atoms with Crippen molar-refractivity contribution in [3.63, 3.8) is 0 Å². The van der Waals surface area contributed by atoms with Crippen LogP contribution in [0.2, 0.25) is 5.02 Å². The summed E-state index contributed by atoms with van der Waals surface area (Å²) in [6.45, 7) is 5.19. The first kappa shape index (κ1) is 18.1. The Morgan fingerprint density at radius 3 is 2.56 bits per heavy atom. The number of benzene rings is 1. The van der Waals surface area contributed by atoms with Crippen LogP contribution in [0.4, 0.5) is 5.69 Å². The Morgan fingerprint density at radius 1 is 1.24 bits per heavy atom. The van der Waals surface area contributed by atoms with E-state index in [9.17, 15) is 18.0 Å². The lowest BCUT2D eigenvalue weighted by atomic mass is 9.95. The molecule has 0 unspecified atom stereocenters. The molecule has 0 radical (unpaired) electrons. The van der Waals surface area contributed by atoms with Crippen LogP contribution in [0.15, 0.2) is 28.5 Å². The van der Waals surface area contributed by atoms with E-state index >= 15 is 0 Å². The summed E-state index contributed by atoms with van der Waals surface area (Å²) in [5.41, 5.74) is -0.149. The first-order valence-corrected chi connectivity index (χ1v) is 10.4. The summed E-state index contributed by atoms with van der Waals surface area (Å²) in [7, 11) is -3.82. The largest absolute Gasteiger partial charge is 0.325 e. The zero-order valence-electron chi connectivity index (χ0n) is 13.8. The van der Waals surface area contributed by atoms with E-state index in [2.05, 4.69) is 5.32 Å². The number of nitrogens with one attached hydrogen (secondary N) is 1. The summed E-state index contributed by atoms with van der Waals surface area (Å²) in [6.07, 6.45) is 0. The Balaban J connectivity index is 2.28. The number of amides is 1. The summed E-state index contributed by atoms with van der Waals surface area (Å²) in [4.78, 5) is 25.5. The van der Waals surface area contributed by atoms with Gasteiger partial charge in [-0.1, -0.05) is 32.4 Å². The van der Waals surface area contributed by atoms with Gasteiger partial charge in [0.1, 0.15) is 0 Å². The summed E-state index contributed by atoms with van der Waals surface area (Å²) in [5.74, 6) is -1.05. The molecule has 1 N–H and O–H groups in total. The molecular weight excluding hydrogens is 382 g/mol. The smallest absolute Gasteiger partial charge is 0.229 e. The van der Waals surface area contributed by atoms with Gasteiger partial charge in [0.25, 0.3) is 0 Å². The predicted molar refractivity (Wildman–Crippen MR) is 98.2 cm³/mol. The van der Waals surface area contributed by atoms with Crippen molar-refractivity contribution >= 4 is 50.2 Å². The van der Waals surface area contributed by atoms with Crippen molar-refractivity contribution in [3.8, 4) is 0 Å². The monoisotopic (exact) mass is 397 g/mol. The molecule has 0 bridgehead atoms. The number of thiophene rings is 1. The van der Waals surface area contributed by atoms with Gasteiger partial charge < -0.3 is 5.32 Å². The molecule has 1 aromatic heterocycles. The molecule has 1 aliphatic rings. The van der Waals surface area contributed by atoms with E-state index in [0.717, 1.165) is 0 Å². The van der Waals surface area contributed by atoms with Gasteiger partial charge in [-0.15, -0.1) is 11.3 Å². The van der Waals surface area contributed by atoms with E-state index in [1.54, 1.807) is 32.2 Å². The van der Waals surface area contributed by atoms with Gasteiger partial charge in [0, 0.05) is 5.41 Å². The summed E-state index contributed by atoms with van der Waals surface area (Å²) < 4.78 is 25.6. The summed E-state index contributed by atoms with van der Waals surface area (Å²) in [5, 5.41) is 4.34. The van der Waals surface area contributed by atoms with Gasteiger partial charge in [-0.05, 0) is 29.1 Å². The Kier molecular flexibility index (Phi) is 4.29. The highest BCUT2D eigenvalue weighted by molar-refractivity contribution is 7.91. The third-order valence-electron chi connectivity index (χ3n) is 3.88. The number of carbonyl (C=O) groups excluding carboxylic acids is 2. The number of hydrogen-bond acceptors (Lipinski definition) is 5. The molecule has 1 aromatic carbocycles. The van der Waals surface area contributed by atoms with Crippen LogP contribution in [-0.2, 0) is 20.4 Å². The number of sulfone groups is 1. The Bertz CT molecular complexity index is 1000. The van der Waals surface area contributed by atoms with Gasteiger partial charge in [-0.2, -0.15) is 0 Å². The average Bonchev–Trinajstić information content (AvgIpc) is 2.90. The molecule has 2 heterocycles. The highest BCUT2D eigenvalue weighted by Gasteiger charge is 2.36. The van der Waals surface area contributed by atoms with Crippen molar-refractivity contribution in [2.45, 2.75) is 31.4 Å². The van der Waals surface area contributed by atoms with Gasteiger partial charge in [0.15, 0.2) is 9.84 Å². The van der Waals surface area contributed by atoms with Crippen LogP contribution in [0.5, 0.6) is 0 Å². The number of halogens is 1. The molecule has 2 aromatic rings. The minimum absolute atomic E-state index is 0.0211. The fourth-order valence-electron chi connectivity index (χ4n) is 2.54. The molecular formula is C17H16ClNO4S2. The van der Waals surface area contributed by atoms with Crippen LogP contribution < -0.4 is 5.32 Å². The van der Waals surface area contributed by atoms with Crippen LogP contribution in [0.25, 0.3) is 0 Å². The van der Waals surface area contributed by atoms with E-state index in [0.29, 0.717) is 10.4 Å². The minimum Gasteiger partial charge on any atom is -0.325 e. The number of anilines is 1. The molecule has 25 heavy (non-hydrogen) atoms. The van der Waals surface area contributed by atoms with Gasteiger partial charge in [-0.3, -0.25) is 9.59 Å². The van der Waals surface area contributed by atoms with Crippen LogP contribution in [0.1, 0.15) is 41.6 Å². The molecule has 0 saturated heterocycles. The molecule has 1 aliphatic heterocycles. The number of hydrogen-bond donors (Lipinski definition) is 1. The first-order valence-electron chi connectivity index (χ1n) is 7.50. The third-order valence-corrected chi connectivity index (χ3v) is 7.00. The molecule has 0 fully saturated rings. The maximum atomic E-state index is 13.0. The molecule has 8 heteroatoms. The molecule has 0 aliphatic carbocycles. The van der Waals surface area contributed by atoms with E-state index in [-0.39, 0.29) is 32.8 Å². The van der Waals surface area contributed by atoms with E-state index in [1.807, 2.05) is 0 Å². The van der Waals surface area contributed by atoms with Gasteiger partial charge in [-0.25, -0.2) is 8.42 Å².